The minimum absolute atomic E-state index is 0.493. The Hall–Kier alpha value is -0.710. The predicted octanol–water partition coefficient (Wildman–Crippen LogP) is 8.92. The second-order valence-electron chi connectivity index (χ2n) is 11.8. The quantitative estimate of drug-likeness (QED) is 0.0757. The Morgan fingerprint density at radius 1 is 0.410 bits per heavy atom. The first-order chi connectivity index (χ1) is 19.0. The third-order valence-electron chi connectivity index (χ3n) is 7.99. The lowest BCUT2D eigenvalue weighted by Gasteiger charge is -2.25. The van der Waals surface area contributed by atoms with Crippen molar-refractivity contribution in [3.63, 3.8) is 0 Å². The number of aliphatic carboxylic acids is 2. The molecule has 0 saturated carbocycles. The van der Waals surface area contributed by atoms with E-state index >= 15 is 0 Å². The highest BCUT2D eigenvalue weighted by molar-refractivity contribution is 8.01. The van der Waals surface area contributed by atoms with E-state index in [0.717, 1.165) is 50.3 Å². The Bertz CT molecular complexity index is 493. The van der Waals surface area contributed by atoms with Crippen LogP contribution >= 0.6 is 11.8 Å². The first-order valence-electron chi connectivity index (χ1n) is 17.1. The smallest absolute Gasteiger partial charge is 0.0544 e. The Balaban J connectivity index is 3.82. The van der Waals surface area contributed by atoms with Crippen molar-refractivity contribution in [2.24, 2.45) is 0 Å². The van der Waals surface area contributed by atoms with Crippen LogP contribution in [0.1, 0.15) is 194 Å². The van der Waals surface area contributed by atoms with Gasteiger partial charge in [0, 0.05) is 10.5 Å². The van der Waals surface area contributed by atoms with Crippen LogP contribution in [0.25, 0.3) is 0 Å². The van der Waals surface area contributed by atoms with Gasteiger partial charge in [-0.2, -0.15) is 0 Å². The van der Waals surface area contributed by atoms with Gasteiger partial charge in [0.2, 0.25) is 0 Å². The molecular formula is C34H64O4S-2. The van der Waals surface area contributed by atoms with Crippen LogP contribution in [0, 0.1) is 0 Å². The van der Waals surface area contributed by atoms with Gasteiger partial charge >= 0.3 is 0 Å². The van der Waals surface area contributed by atoms with Gasteiger partial charge in [-0.25, -0.2) is 0 Å². The van der Waals surface area contributed by atoms with Crippen LogP contribution in [0.2, 0.25) is 0 Å². The van der Waals surface area contributed by atoms with Crippen molar-refractivity contribution < 1.29 is 19.8 Å². The highest BCUT2D eigenvalue weighted by atomic mass is 32.2. The second-order valence-corrected chi connectivity index (χ2v) is 13.2. The molecule has 0 aliphatic heterocycles. The number of carbonyl (C=O) groups excluding carboxylic acids is 2. The lowest BCUT2D eigenvalue weighted by molar-refractivity contribution is -0.305. The maximum atomic E-state index is 11.7. The summed E-state index contributed by atoms with van der Waals surface area (Å²) in [6, 6.07) is 0. The lowest BCUT2D eigenvalue weighted by atomic mass is 10.0. The van der Waals surface area contributed by atoms with Crippen LogP contribution in [0.5, 0.6) is 0 Å². The summed E-state index contributed by atoms with van der Waals surface area (Å²) in [6.45, 7) is 4.51. The number of carboxylic acids is 2. The van der Waals surface area contributed by atoms with Crippen molar-refractivity contribution in [1.29, 1.82) is 0 Å². The van der Waals surface area contributed by atoms with Crippen molar-refractivity contribution in [3.8, 4) is 0 Å². The first-order valence-corrected chi connectivity index (χ1v) is 18.0. The molecule has 0 fully saturated rings. The molecule has 2 unspecified atom stereocenters. The Morgan fingerprint density at radius 3 is 0.821 bits per heavy atom. The van der Waals surface area contributed by atoms with E-state index in [9.17, 15) is 19.8 Å². The molecule has 232 valence electrons. The van der Waals surface area contributed by atoms with Crippen molar-refractivity contribution >= 4 is 23.7 Å². The molecule has 0 spiro atoms. The molecule has 0 radical (unpaired) electrons. The summed E-state index contributed by atoms with van der Waals surface area (Å²) in [5.74, 6) is -2.26. The molecule has 4 nitrogen and oxygen atoms in total. The van der Waals surface area contributed by atoms with E-state index in [1.165, 1.54) is 128 Å². The third kappa shape index (κ3) is 27.2. The molecule has 0 aliphatic carbocycles. The summed E-state index contributed by atoms with van der Waals surface area (Å²) in [4.78, 5) is 23.3. The van der Waals surface area contributed by atoms with E-state index in [0.29, 0.717) is 12.8 Å². The van der Waals surface area contributed by atoms with Crippen LogP contribution in [0.3, 0.4) is 0 Å². The molecule has 2 atom stereocenters. The molecule has 5 heteroatoms. The molecule has 0 aromatic carbocycles. The average Bonchev–Trinajstić information content (AvgIpc) is 2.91. The van der Waals surface area contributed by atoms with Crippen LogP contribution in [-0.2, 0) is 9.59 Å². The van der Waals surface area contributed by atoms with Gasteiger partial charge < -0.3 is 19.8 Å². The van der Waals surface area contributed by atoms with Gasteiger partial charge in [-0.1, -0.05) is 181 Å². The summed E-state index contributed by atoms with van der Waals surface area (Å²) >= 11 is 1.05. The molecule has 39 heavy (non-hydrogen) atoms. The number of rotatable bonds is 32. The zero-order valence-corrected chi connectivity index (χ0v) is 26.8. The fraction of sp³-hybridized carbons (Fsp3) is 0.941. The maximum absolute atomic E-state index is 11.7. The molecule has 0 aliphatic rings. The van der Waals surface area contributed by atoms with Crippen molar-refractivity contribution in [2.75, 3.05) is 0 Å². The minimum Gasteiger partial charge on any atom is -0.549 e. The largest absolute Gasteiger partial charge is 0.549 e. The van der Waals surface area contributed by atoms with E-state index in [1.807, 2.05) is 0 Å². The molecule has 0 N–H and O–H groups in total. The van der Waals surface area contributed by atoms with Gasteiger partial charge in [0.15, 0.2) is 0 Å². The number of hydrogen-bond donors (Lipinski definition) is 0. The average molecular weight is 569 g/mol. The van der Waals surface area contributed by atoms with Crippen LogP contribution in [-0.4, -0.2) is 22.4 Å². The van der Waals surface area contributed by atoms with E-state index in [2.05, 4.69) is 13.8 Å². The van der Waals surface area contributed by atoms with Crippen LogP contribution in [0.15, 0.2) is 0 Å². The minimum atomic E-state index is -1.13. The van der Waals surface area contributed by atoms with E-state index in [1.54, 1.807) is 0 Å². The molecule has 0 saturated heterocycles. The van der Waals surface area contributed by atoms with E-state index < -0.39 is 22.4 Å². The van der Waals surface area contributed by atoms with Gasteiger partial charge in [0.25, 0.3) is 0 Å². The summed E-state index contributed by atoms with van der Waals surface area (Å²) in [5, 5.41) is 21.8. The van der Waals surface area contributed by atoms with E-state index in [4.69, 9.17) is 0 Å². The molecule has 0 aromatic heterocycles. The molecule has 0 bridgehead atoms. The van der Waals surface area contributed by atoms with E-state index in [-0.39, 0.29) is 0 Å². The standard InChI is InChI=1S/C34H66O4S/c1-3-5-7-9-11-13-15-17-19-21-23-25-27-29-31(33(35)36)39-32(34(37)38)30-28-26-24-22-20-18-16-14-12-10-8-6-4-2/h31-32H,3-30H2,1-2H3,(H,35,36)(H,37,38)/p-2. The number of hydrogen-bond acceptors (Lipinski definition) is 5. The highest BCUT2D eigenvalue weighted by Gasteiger charge is 2.19. The number of unbranched alkanes of at least 4 members (excludes halogenated alkanes) is 24. The molecule has 0 heterocycles. The number of carboxylic acid groups (broad SMARTS) is 2. The monoisotopic (exact) mass is 568 g/mol. The second kappa shape index (κ2) is 30.3. The topological polar surface area (TPSA) is 80.3 Å². The van der Waals surface area contributed by atoms with Gasteiger partial charge in [-0.3, -0.25) is 0 Å². The van der Waals surface area contributed by atoms with Crippen molar-refractivity contribution in [3.05, 3.63) is 0 Å². The van der Waals surface area contributed by atoms with Gasteiger partial charge in [0.05, 0.1) is 11.9 Å². The summed E-state index contributed by atoms with van der Waals surface area (Å²) < 4.78 is 0. The van der Waals surface area contributed by atoms with Gasteiger partial charge in [-0.05, 0) is 12.8 Å². The van der Waals surface area contributed by atoms with Crippen molar-refractivity contribution in [2.45, 2.75) is 204 Å². The SMILES string of the molecule is CCCCCCCCCCCCCCCC(SC(CCCCCCCCCCCCCCC)C(=O)[O-])C(=O)[O-]. The summed E-state index contributed by atoms with van der Waals surface area (Å²) in [5.41, 5.74) is 0. The Labute approximate surface area is 247 Å². The number of thioether (sulfide) groups is 1. The van der Waals surface area contributed by atoms with Crippen LogP contribution < -0.4 is 10.2 Å². The first kappa shape index (κ1) is 38.3. The number of carbonyl (C=O) groups is 2. The maximum Gasteiger partial charge on any atom is 0.0544 e. The normalized spacial score (nSPS) is 13.0. The van der Waals surface area contributed by atoms with Crippen molar-refractivity contribution in [1.82, 2.24) is 0 Å². The molecule has 0 rings (SSSR count). The fourth-order valence-corrected chi connectivity index (χ4v) is 6.60. The molecule has 0 aromatic rings. The third-order valence-corrected chi connectivity index (χ3v) is 9.51. The Kier molecular flexibility index (Phi) is 29.7. The van der Waals surface area contributed by atoms with Crippen LogP contribution in [0.4, 0.5) is 0 Å². The zero-order valence-electron chi connectivity index (χ0n) is 26.0. The summed E-state index contributed by atoms with van der Waals surface area (Å²) in [6.07, 6.45) is 33.4. The van der Waals surface area contributed by atoms with Gasteiger partial charge in [-0.15, -0.1) is 11.8 Å². The zero-order chi connectivity index (χ0) is 28.8. The highest BCUT2D eigenvalue weighted by Crippen LogP contribution is 2.27. The molecular weight excluding hydrogens is 504 g/mol. The predicted molar refractivity (Wildman–Crippen MR) is 166 cm³/mol. The van der Waals surface area contributed by atoms with Gasteiger partial charge in [0.1, 0.15) is 0 Å². The molecule has 0 amide bonds. The summed E-state index contributed by atoms with van der Waals surface area (Å²) in [7, 11) is 0. The Morgan fingerprint density at radius 2 is 0.615 bits per heavy atom. The fourth-order valence-electron chi connectivity index (χ4n) is 5.38. The lowest BCUT2D eigenvalue weighted by Crippen LogP contribution is -2.39.